The molecule has 1 rings (SSSR count). The minimum absolute atomic E-state index is 0.415. The predicted molar refractivity (Wildman–Crippen MR) is 53.1 cm³/mol. The van der Waals surface area contributed by atoms with Crippen molar-refractivity contribution in [3.05, 3.63) is 0 Å². The van der Waals surface area contributed by atoms with E-state index in [0.29, 0.717) is 5.37 Å². The molecule has 0 bridgehead atoms. The Bertz CT molecular complexity index is 99.7. The topological polar surface area (TPSA) is 12.0 Å². The summed E-state index contributed by atoms with van der Waals surface area (Å²) in [5.41, 5.74) is 0. The number of hydrogen-bond donors (Lipinski definition) is 2. The summed E-state index contributed by atoms with van der Waals surface area (Å²) in [5, 5.41) is 3.95. The van der Waals surface area contributed by atoms with Crippen molar-refractivity contribution in [3.63, 3.8) is 0 Å². The molecule has 0 aliphatic heterocycles. The van der Waals surface area contributed by atoms with Gasteiger partial charge in [-0.05, 0) is 19.3 Å². The zero-order valence-electron chi connectivity index (χ0n) is 7.34. The van der Waals surface area contributed by atoms with Gasteiger partial charge in [-0.15, -0.1) is 0 Å². The molecule has 11 heavy (non-hydrogen) atoms. The van der Waals surface area contributed by atoms with Crippen molar-refractivity contribution in [2.24, 2.45) is 0 Å². The van der Waals surface area contributed by atoms with Crippen molar-refractivity contribution in [2.75, 3.05) is 0 Å². The lowest BCUT2D eigenvalue weighted by Gasteiger charge is -2.25. The minimum atomic E-state index is 0.415. The van der Waals surface area contributed by atoms with Gasteiger partial charge in [0.1, 0.15) is 0 Å². The standard InChI is InChI=1S/C9H19NS/c1-2-9(11)10-8-6-4-3-5-7-8/h8-11H,2-7H2,1H3. The minimum Gasteiger partial charge on any atom is -0.303 e. The Morgan fingerprint density at radius 2 is 2.00 bits per heavy atom. The Kier molecular flexibility index (Phi) is 4.31. The maximum absolute atomic E-state index is 4.43. The van der Waals surface area contributed by atoms with Gasteiger partial charge in [0.05, 0.1) is 5.37 Å². The molecule has 0 radical (unpaired) electrons. The van der Waals surface area contributed by atoms with Gasteiger partial charge in [-0.25, -0.2) is 0 Å². The summed E-state index contributed by atoms with van der Waals surface area (Å²) in [4.78, 5) is 0. The molecule has 0 aromatic heterocycles. The second-order valence-electron chi connectivity index (χ2n) is 3.43. The van der Waals surface area contributed by atoms with Crippen LogP contribution in [0.25, 0.3) is 0 Å². The summed E-state index contributed by atoms with van der Waals surface area (Å²) in [6.45, 7) is 2.17. The van der Waals surface area contributed by atoms with Crippen molar-refractivity contribution in [2.45, 2.75) is 56.9 Å². The first kappa shape index (κ1) is 9.40. The molecular formula is C9H19NS. The third-order valence-electron chi connectivity index (χ3n) is 2.42. The summed E-state index contributed by atoms with van der Waals surface area (Å²) >= 11 is 4.43. The van der Waals surface area contributed by atoms with E-state index in [1.54, 1.807) is 0 Å². The van der Waals surface area contributed by atoms with Crippen LogP contribution < -0.4 is 5.32 Å². The van der Waals surface area contributed by atoms with E-state index in [1.807, 2.05) is 0 Å². The second-order valence-corrected chi connectivity index (χ2v) is 4.05. The lowest BCUT2D eigenvalue weighted by atomic mass is 9.95. The van der Waals surface area contributed by atoms with Gasteiger partial charge in [-0.2, -0.15) is 12.6 Å². The third-order valence-corrected chi connectivity index (χ3v) is 2.93. The molecule has 1 saturated carbocycles. The molecule has 1 aliphatic carbocycles. The van der Waals surface area contributed by atoms with E-state index < -0.39 is 0 Å². The Balaban J connectivity index is 2.13. The number of nitrogens with one attached hydrogen (secondary N) is 1. The van der Waals surface area contributed by atoms with Crippen LogP contribution in [0.15, 0.2) is 0 Å². The molecule has 2 heteroatoms. The van der Waals surface area contributed by atoms with Gasteiger partial charge in [0.2, 0.25) is 0 Å². The predicted octanol–water partition coefficient (Wildman–Crippen LogP) is 2.57. The summed E-state index contributed by atoms with van der Waals surface area (Å²) in [6, 6.07) is 0.756. The third kappa shape index (κ3) is 3.48. The number of rotatable bonds is 3. The van der Waals surface area contributed by atoms with Gasteiger partial charge >= 0.3 is 0 Å². The summed E-state index contributed by atoms with van der Waals surface area (Å²) in [7, 11) is 0. The molecule has 1 aliphatic rings. The Labute approximate surface area is 75.4 Å². The average Bonchev–Trinajstić information content (AvgIpc) is 2.06. The maximum atomic E-state index is 4.43. The van der Waals surface area contributed by atoms with Crippen LogP contribution in [-0.4, -0.2) is 11.4 Å². The summed E-state index contributed by atoms with van der Waals surface area (Å²) < 4.78 is 0. The van der Waals surface area contributed by atoms with E-state index in [1.165, 1.54) is 32.1 Å². The van der Waals surface area contributed by atoms with Crippen LogP contribution in [0.1, 0.15) is 45.4 Å². The fraction of sp³-hybridized carbons (Fsp3) is 1.00. The van der Waals surface area contributed by atoms with E-state index in [9.17, 15) is 0 Å². The molecule has 0 amide bonds. The molecule has 1 atom stereocenters. The zero-order chi connectivity index (χ0) is 8.10. The summed E-state index contributed by atoms with van der Waals surface area (Å²) in [5.74, 6) is 0. The zero-order valence-corrected chi connectivity index (χ0v) is 8.24. The van der Waals surface area contributed by atoms with Gasteiger partial charge in [0, 0.05) is 6.04 Å². The van der Waals surface area contributed by atoms with Crippen LogP contribution >= 0.6 is 12.6 Å². The fourth-order valence-corrected chi connectivity index (χ4v) is 1.87. The van der Waals surface area contributed by atoms with Crippen LogP contribution in [0.4, 0.5) is 0 Å². The number of thiol groups is 1. The monoisotopic (exact) mass is 173 g/mol. The highest BCUT2D eigenvalue weighted by molar-refractivity contribution is 7.80. The lowest BCUT2D eigenvalue weighted by Crippen LogP contribution is -2.36. The van der Waals surface area contributed by atoms with Crippen molar-refractivity contribution in [3.8, 4) is 0 Å². The van der Waals surface area contributed by atoms with E-state index in [4.69, 9.17) is 0 Å². The smallest absolute Gasteiger partial charge is 0.0501 e. The van der Waals surface area contributed by atoms with Crippen LogP contribution in [0.2, 0.25) is 0 Å². The second kappa shape index (κ2) is 5.04. The van der Waals surface area contributed by atoms with Crippen LogP contribution in [0.3, 0.4) is 0 Å². The first-order chi connectivity index (χ1) is 5.33. The molecule has 0 saturated heterocycles. The van der Waals surface area contributed by atoms with Crippen molar-refractivity contribution >= 4 is 12.6 Å². The molecule has 0 aromatic rings. The summed E-state index contributed by atoms with van der Waals surface area (Å²) in [6.07, 6.45) is 8.08. The Morgan fingerprint density at radius 1 is 1.36 bits per heavy atom. The molecule has 1 nitrogen and oxygen atoms in total. The van der Waals surface area contributed by atoms with Crippen LogP contribution in [-0.2, 0) is 0 Å². The van der Waals surface area contributed by atoms with Gasteiger partial charge in [0.25, 0.3) is 0 Å². The van der Waals surface area contributed by atoms with Gasteiger partial charge in [0.15, 0.2) is 0 Å². The largest absolute Gasteiger partial charge is 0.303 e. The molecule has 0 aromatic carbocycles. The van der Waals surface area contributed by atoms with Gasteiger partial charge in [-0.1, -0.05) is 26.2 Å². The molecule has 0 heterocycles. The highest BCUT2D eigenvalue weighted by Gasteiger charge is 2.14. The normalized spacial score (nSPS) is 23.5. The Hall–Kier alpha value is 0.310. The molecule has 1 fully saturated rings. The van der Waals surface area contributed by atoms with Crippen LogP contribution in [0, 0.1) is 0 Å². The highest BCUT2D eigenvalue weighted by Crippen LogP contribution is 2.18. The molecular weight excluding hydrogens is 154 g/mol. The van der Waals surface area contributed by atoms with Crippen LogP contribution in [0.5, 0.6) is 0 Å². The number of hydrogen-bond acceptors (Lipinski definition) is 2. The first-order valence-electron chi connectivity index (χ1n) is 4.77. The van der Waals surface area contributed by atoms with Gasteiger partial charge < -0.3 is 5.32 Å². The molecule has 66 valence electrons. The van der Waals surface area contributed by atoms with E-state index in [0.717, 1.165) is 12.5 Å². The first-order valence-corrected chi connectivity index (χ1v) is 5.28. The van der Waals surface area contributed by atoms with Gasteiger partial charge in [-0.3, -0.25) is 0 Å². The highest BCUT2D eigenvalue weighted by atomic mass is 32.1. The SMILES string of the molecule is CCC(S)NC1CCCCC1. The Morgan fingerprint density at radius 3 is 2.55 bits per heavy atom. The van der Waals surface area contributed by atoms with E-state index >= 15 is 0 Å². The maximum Gasteiger partial charge on any atom is 0.0501 e. The molecule has 1 N–H and O–H groups in total. The fourth-order valence-electron chi connectivity index (χ4n) is 1.66. The lowest BCUT2D eigenvalue weighted by molar-refractivity contribution is 0.366. The van der Waals surface area contributed by atoms with Crippen molar-refractivity contribution in [1.82, 2.24) is 5.32 Å². The molecule has 1 unspecified atom stereocenters. The molecule has 0 spiro atoms. The van der Waals surface area contributed by atoms with E-state index in [2.05, 4.69) is 24.9 Å². The average molecular weight is 173 g/mol. The van der Waals surface area contributed by atoms with E-state index in [-0.39, 0.29) is 0 Å². The van der Waals surface area contributed by atoms with Crippen molar-refractivity contribution < 1.29 is 0 Å². The quantitative estimate of drug-likeness (QED) is 0.494. The van der Waals surface area contributed by atoms with Crippen molar-refractivity contribution in [1.29, 1.82) is 0 Å².